The minimum atomic E-state index is -0.547. The minimum Gasteiger partial charge on any atom is -0.393 e. The van der Waals surface area contributed by atoms with E-state index in [4.69, 9.17) is 0 Å². The molecule has 5 nitrogen and oxygen atoms in total. The number of Topliss-reactive ketones (excluding diaryl/α,β-unsaturated/α-hetero) is 1. The summed E-state index contributed by atoms with van der Waals surface area (Å²) in [7, 11) is 0. The second-order valence-corrected chi connectivity index (χ2v) is 22.6. The number of hydrogen-bond acceptors (Lipinski definition) is 5. The minimum absolute atomic E-state index is 0.000939. The number of allylic oxidation sites excluding steroid dienone is 2. The lowest BCUT2D eigenvalue weighted by atomic mass is 9.67. The topological polar surface area (TPSA) is 98.0 Å². The molecule has 4 rings (SSSR count). The van der Waals surface area contributed by atoms with Crippen LogP contribution in [-0.2, 0) is 4.79 Å². The summed E-state index contributed by atoms with van der Waals surface area (Å²) in [6.07, 6.45) is 26.0. The van der Waals surface area contributed by atoms with E-state index in [0.29, 0.717) is 54.1 Å². The number of carbonyl (C=O) groups excluding carboxylic acids is 1. The molecule has 0 saturated heterocycles. The molecule has 14 unspecified atom stereocenters. The highest BCUT2D eigenvalue weighted by molar-refractivity contribution is 5.78. The van der Waals surface area contributed by atoms with Crippen molar-refractivity contribution in [1.82, 2.24) is 0 Å². The van der Waals surface area contributed by atoms with Crippen molar-refractivity contribution in [2.45, 2.75) is 234 Å². The fraction of sp³-hybridized carbons (Fsp3) is 0.943. The Balaban J connectivity index is 1.42. The first-order valence-electron chi connectivity index (χ1n) is 25.5. The largest absolute Gasteiger partial charge is 0.393 e. The van der Waals surface area contributed by atoms with Gasteiger partial charge in [0.2, 0.25) is 0 Å². The molecule has 58 heavy (non-hydrogen) atoms. The summed E-state index contributed by atoms with van der Waals surface area (Å²) in [6, 6.07) is 0. The first kappa shape index (κ1) is 49.9. The molecule has 0 bridgehead atoms. The molecule has 3 fully saturated rings. The van der Waals surface area contributed by atoms with Crippen molar-refractivity contribution in [2.75, 3.05) is 0 Å². The van der Waals surface area contributed by atoms with Gasteiger partial charge in [0.25, 0.3) is 0 Å². The van der Waals surface area contributed by atoms with Gasteiger partial charge in [-0.25, -0.2) is 0 Å². The average molecular weight is 813 g/mol. The van der Waals surface area contributed by atoms with Crippen molar-refractivity contribution in [1.29, 1.82) is 0 Å². The van der Waals surface area contributed by atoms with Gasteiger partial charge in [0, 0.05) is 5.92 Å². The molecule has 14 atom stereocenters. The summed E-state index contributed by atoms with van der Waals surface area (Å²) >= 11 is 0. The number of aliphatic hydroxyl groups excluding tert-OH is 4. The number of aliphatic hydroxyl groups is 4. The van der Waals surface area contributed by atoms with Crippen LogP contribution in [0.1, 0.15) is 210 Å². The zero-order chi connectivity index (χ0) is 42.5. The molecule has 0 amide bonds. The molecular weight excluding hydrogens is 717 g/mol. The maximum atomic E-state index is 12.8. The second-order valence-electron chi connectivity index (χ2n) is 22.6. The van der Waals surface area contributed by atoms with Crippen LogP contribution in [0.15, 0.2) is 11.6 Å². The van der Waals surface area contributed by atoms with Gasteiger partial charge in [0.05, 0.1) is 24.4 Å². The summed E-state index contributed by atoms with van der Waals surface area (Å²) < 4.78 is 0. The van der Waals surface area contributed by atoms with Gasteiger partial charge in [-0.05, 0) is 174 Å². The molecule has 4 aliphatic carbocycles. The van der Waals surface area contributed by atoms with Gasteiger partial charge in [-0.2, -0.15) is 0 Å². The molecule has 3 saturated carbocycles. The smallest absolute Gasteiger partial charge is 0.132 e. The van der Waals surface area contributed by atoms with Gasteiger partial charge >= 0.3 is 0 Å². The van der Waals surface area contributed by atoms with E-state index in [1.165, 1.54) is 57.8 Å². The predicted octanol–water partition coefficient (Wildman–Crippen LogP) is 12.8. The van der Waals surface area contributed by atoms with Crippen molar-refractivity contribution in [3.05, 3.63) is 11.6 Å². The van der Waals surface area contributed by atoms with Crippen LogP contribution in [0.5, 0.6) is 0 Å². The third kappa shape index (κ3) is 16.8. The normalized spacial score (nSPS) is 27.6. The highest BCUT2D eigenvalue weighted by Gasteiger charge is 2.42. The third-order valence-electron chi connectivity index (χ3n) is 16.6. The van der Waals surface area contributed by atoms with Gasteiger partial charge < -0.3 is 20.4 Å². The number of carbonyl (C=O) groups is 1. The maximum absolute atomic E-state index is 12.8. The van der Waals surface area contributed by atoms with Crippen LogP contribution in [0.4, 0.5) is 0 Å². The molecule has 0 spiro atoms. The predicted molar refractivity (Wildman–Crippen MR) is 243 cm³/mol. The van der Waals surface area contributed by atoms with E-state index >= 15 is 0 Å². The second kappa shape index (κ2) is 24.8. The van der Waals surface area contributed by atoms with Crippen LogP contribution in [0.2, 0.25) is 0 Å². The Morgan fingerprint density at radius 1 is 0.672 bits per heavy atom. The number of unbranched alkanes of at least 4 members (excludes halogenated alkanes) is 1. The quantitative estimate of drug-likeness (QED) is 0.0564. The van der Waals surface area contributed by atoms with Gasteiger partial charge in [0.1, 0.15) is 5.78 Å². The number of ketones is 1. The molecule has 4 aliphatic rings. The molecule has 0 aromatic carbocycles. The SMILES string of the molecule is CCCCC(C)C(C)CCC(C)C(O)CC(C(C)C)C(O)CC(CC(C)C)C(O)CC(CC1CCCCC1)CC(CC1CC(C(C)=O)CC(C(O)C2CC2)C1)C1=CC1. The fourth-order valence-electron chi connectivity index (χ4n) is 12.1. The van der Waals surface area contributed by atoms with Crippen molar-refractivity contribution in [3.8, 4) is 0 Å². The molecule has 0 aliphatic heterocycles. The molecule has 338 valence electrons. The van der Waals surface area contributed by atoms with E-state index in [1.54, 1.807) is 12.5 Å². The zero-order valence-electron chi connectivity index (χ0n) is 39.4. The summed E-state index contributed by atoms with van der Waals surface area (Å²) in [4.78, 5) is 12.8. The van der Waals surface area contributed by atoms with Crippen LogP contribution in [0, 0.1) is 82.9 Å². The first-order valence-corrected chi connectivity index (χ1v) is 25.5. The molecule has 0 heterocycles. The Hall–Kier alpha value is -0.750. The Morgan fingerprint density at radius 2 is 1.33 bits per heavy atom. The Bertz CT molecular complexity index is 1180. The van der Waals surface area contributed by atoms with E-state index in [9.17, 15) is 25.2 Å². The summed E-state index contributed by atoms with van der Waals surface area (Å²) in [5.41, 5.74) is 1.59. The Labute approximate surface area is 358 Å². The van der Waals surface area contributed by atoms with Gasteiger partial charge in [-0.1, -0.05) is 125 Å². The molecule has 0 radical (unpaired) electrons. The maximum Gasteiger partial charge on any atom is 0.132 e. The monoisotopic (exact) mass is 813 g/mol. The number of rotatable bonds is 29. The summed E-state index contributed by atoms with van der Waals surface area (Å²) in [5, 5.41) is 47.1. The molecule has 5 heteroatoms. The van der Waals surface area contributed by atoms with Crippen molar-refractivity contribution < 1.29 is 25.2 Å². The van der Waals surface area contributed by atoms with Crippen molar-refractivity contribution in [3.63, 3.8) is 0 Å². The number of hydrogen-bond donors (Lipinski definition) is 4. The highest BCUT2D eigenvalue weighted by Crippen LogP contribution is 2.48. The zero-order valence-corrected chi connectivity index (χ0v) is 39.4. The summed E-state index contributed by atoms with van der Waals surface area (Å²) in [6.45, 7) is 19.9. The van der Waals surface area contributed by atoms with Crippen LogP contribution < -0.4 is 0 Å². The molecular formula is C53H96O5. The van der Waals surface area contributed by atoms with Crippen LogP contribution in [-0.4, -0.2) is 50.6 Å². The molecule has 0 aromatic heterocycles. The van der Waals surface area contributed by atoms with Gasteiger partial charge in [0.15, 0.2) is 0 Å². The average Bonchev–Trinajstić information content (AvgIpc) is 4.11. The first-order chi connectivity index (χ1) is 27.6. The lowest BCUT2D eigenvalue weighted by Gasteiger charge is -2.39. The standard InChI is InChI=1S/C53H96O5/c1-10-11-15-36(6)37(7)18-19-38(8)50(55)33-49(35(4)5)52(57)32-47(24-34(2)3)51(56)30-41(25-40-16-13-12-14-17-40)27-46(43-20-21-43)28-42-26-45(39(9)54)31-48(29-42)53(58)44-22-23-44/h20,34-38,40-42,44-53,55-58H,10-19,21-33H2,1-9H3. The Kier molecular flexibility index (Phi) is 21.3. The molecule has 0 aromatic rings. The highest BCUT2D eigenvalue weighted by atomic mass is 16.3. The third-order valence-corrected chi connectivity index (χ3v) is 16.6. The van der Waals surface area contributed by atoms with Gasteiger partial charge in [-0.3, -0.25) is 4.79 Å². The van der Waals surface area contributed by atoms with Crippen LogP contribution in [0.3, 0.4) is 0 Å². The molecule has 4 N–H and O–H groups in total. The Morgan fingerprint density at radius 3 is 1.91 bits per heavy atom. The van der Waals surface area contributed by atoms with E-state index in [2.05, 4.69) is 61.5 Å². The van der Waals surface area contributed by atoms with Crippen molar-refractivity contribution >= 4 is 5.78 Å². The van der Waals surface area contributed by atoms with E-state index in [-0.39, 0.29) is 41.6 Å². The fourth-order valence-corrected chi connectivity index (χ4v) is 12.1. The van der Waals surface area contributed by atoms with Crippen LogP contribution >= 0.6 is 0 Å². The van der Waals surface area contributed by atoms with Gasteiger partial charge in [-0.15, -0.1) is 0 Å². The van der Waals surface area contributed by atoms with E-state index < -0.39 is 18.3 Å². The van der Waals surface area contributed by atoms with Crippen molar-refractivity contribution in [2.24, 2.45) is 82.9 Å². The lowest BCUT2D eigenvalue weighted by molar-refractivity contribution is -0.123. The lowest BCUT2D eigenvalue weighted by Crippen LogP contribution is -2.36. The van der Waals surface area contributed by atoms with E-state index in [1.807, 2.05) is 0 Å². The van der Waals surface area contributed by atoms with E-state index in [0.717, 1.165) is 88.9 Å². The summed E-state index contributed by atoms with van der Waals surface area (Å²) in [5.74, 6) is 5.53. The van der Waals surface area contributed by atoms with Crippen LogP contribution in [0.25, 0.3) is 0 Å².